The number of para-hydroxylation sites is 1. The summed E-state index contributed by atoms with van der Waals surface area (Å²) in [6, 6.07) is 18.7. The van der Waals surface area contributed by atoms with Crippen molar-refractivity contribution in [3.63, 3.8) is 0 Å². The summed E-state index contributed by atoms with van der Waals surface area (Å²) in [7, 11) is 0. The topological polar surface area (TPSA) is 45.2 Å². The molecule has 1 N–H and O–H groups in total. The van der Waals surface area contributed by atoms with Crippen molar-refractivity contribution < 1.29 is 9.18 Å². The van der Waals surface area contributed by atoms with Crippen molar-refractivity contribution in [1.82, 2.24) is 10.3 Å². The van der Waals surface area contributed by atoms with E-state index in [-0.39, 0.29) is 18.3 Å². The van der Waals surface area contributed by atoms with E-state index in [0.717, 1.165) is 12.1 Å². The van der Waals surface area contributed by atoms with Crippen LogP contribution in [0.4, 0.5) is 15.8 Å². The Bertz CT molecular complexity index is 971. The Morgan fingerprint density at radius 1 is 1.15 bits per heavy atom. The number of hydrogen-bond donors (Lipinski definition) is 1. The van der Waals surface area contributed by atoms with Gasteiger partial charge in [-0.15, -0.1) is 0 Å². The maximum absolute atomic E-state index is 13.7. The summed E-state index contributed by atoms with van der Waals surface area (Å²) in [5, 5.41) is 2.71. The number of fused-ring (bicyclic) bond motifs is 1. The third-order valence-corrected chi connectivity index (χ3v) is 4.86. The number of carbonyl (C=O) groups excluding carboxylic acids is 1. The molecule has 0 saturated heterocycles. The van der Waals surface area contributed by atoms with Gasteiger partial charge in [-0.3, -0.25) is 4.79 Å². The quantitative estimate of drug-likeness (QED) is 0.756. The Balaban J connectivity index is 1.48. The monoisotopic (exact) mass is 361 g/mol. The van der Waals surface area contributed by atoms with E-state index < -0.39 is 0 Å². The third kappa shape index (κ3) is 3.40. The second-order valence-electron chi connectivity index (χ2n) is 6.73. The molecule has 1 unspecified atom stereocenters. The highest BCUT2D eigenvalue weighted by molar-refractivity contribution is 5.92. The van der Waals surface area contributed by atoms with Crippen LogP contribution in [0.5, 0.6) is 0 Å². The summed E-state index contributed by atoms with van der Waals surface area (Å²) in [5.74, 6) is -0.650. The van der Waals surface area contributed by atoms with Crippen molar-refractivity contribution in [2.75, 3.05) is 4.90 Å². The molecular formula is C22H20FN3O. The van der Waals surface area contributed by atoms with Gasteiger partial charge in [0.05, 0.1) is 11.9 Å². The van der Waals surface area contributed by atoms with E-state index in [1.165, 1.54) is 17.3 Å². The summed E-state index contributed by atoms with van der Waals surface area (Å²) >= 11 is 0. The van der Waals surface area contributed by atoms with Crippen LogP contribution in [0.2, 0.25) is 0 Å². The van der Waals surface area contributed by atoms with Crippen molar-refractivity contribution >= 4 is 17.3 Å². The van der Waals surface area contributed by atoms with Gasteiger partial charge in [-0.1, -0.05) is 36.4 Å². The van der Waals surface area contributed by atoms with Crippen molar-refractivity contribution in [3.8, 4) is 0 Å². The number of hydrogen-bond acceptors (Lipinski definition) is 3. The van der Waals surface area contributed by atoms with Crippen LogP contribution in [0, 0.1) is 5.82 Å². The minimum atomic E-state index is -0.331. The first-order valence-corrected chi connectivity index (χ1v) is 8.98. The number of benzene rings is 2. The Morgan fingerprint density at radius 3 is 2.70 bits per heavy atom. The zero-order valence-electron chi connectivity index (χ0n) is 15.0. The summed E-state index contributed by atoms with van der Waals surface area (Å²) in [4.78, 5) is 18.9. The molecule has 1 aromatic heterocycles. The molecule has 0 saturated carbocycles. The molecule has 4 rings (SSSR count). The average Bonchev–Trinajstić information content (AvgIpc) is 3.03. The van der Waals surface area contributed by atoms with E-state index in [2.05, 4.69) is 40.3 Å². The van der Waals surface area contributed by atoms with Crippen LogP contribution < -0.4 is 10.2 Å². The number of nitrogens with zero attached hydrogens (tertiary/aromatic N) is 2. The molecule has 136 valence electrons. The SMILES string of the molecule is CC1Cc2ccccc2N1c1ccc(C(=O)NCc2ccccc2F)nc1. The molecule has 0 bridgehead atoms. The predicted octanol–water partition coefficient (Wildman–Crippen LogP) is 4.23. The van der Waals surface area contributed by atoms with E-state index in [0.29, 0.717) is 17.3 Å². The molecule has 1 aliphatic rings. The highest BCUT2D eigenvalue weighted by Crippen LogP contribution is 2.37. The molecule has 0 aliphatic carbocycles. The summed E-state index contributed by atoms with van der Waals surface area (Å²) in [6.07, 6.45) is 2.71. The van der Waals surface area contributed by atoms with Gasteiger partial charge in [0.1, 0.15) is 11.5 Å². The Hall–Kier alpha value is -3.21. The molecule has 1 aliphatic heterocycles. The van der Waals surface area contributed by atoms with Crippen LogP contribution in [0.25, 0.3) is 0 Å². The van der Waals surface area contributed by atoms with Crippen LogP contribution in [0.3, 0.4) is 0 Å². The van der Waals surface area contributed by atoms with Crippen LogP contribution in [-0.4, -0.2) is 16.9 Å². The standard InChI is InChI=1S/C22H20FN3O/c1-15-12-16-6-3-5-9-21(16)26(15)18-10-11-20(24-14-18)22(27)25-13-17-7-2-4-8-19(17)23/h2-11,14-15H,12-13H2,1H3,(H,25,27). The van der Waals surface area contributed by atoms with Gasteiger partial charge in [-0.05, 0) is 43.2 Å². The van der Waals surface area contributed by atoms with Crippen molar-refractivity contribution in [2.24, 2.45) is 0 Å². The number of anilines is 2. The van der Waals surface area contributed by atoms with Gasteiger partial charge in [-0.25, -0.2) is 9.37 Å². The lowest BCUT2D eigenvalue weighted by Crippen LogP contribution is -2.26. The molecule has 0 radical (unpaired) electrons. The molecular weight excluding hydrogens is 341 g/mol. The lowest BCUT2D eigenvalue weighted by Gasteiger charge is -2.24. The molecule has 27 heavy (non-hydrogen) atoms. The maximum atomic E-state index is 13.7. The van der Waals surface area contributed by atoms with E-state index >= 15 is 0 Å². The molecule has 1 atom stereocenters. The Kier molecular flexibility index (Phi) is 4.59. The van der Waals surface area contributed by atoms with E-state index in [1.807, 2.05) is 12.1 Å². The highest BCUT2D eigenvalue weighted by Gasteiger charge is 2.27. The molecule has 3 aromatic rings. The fourth-order valence-electron chi connectivity index (χ4n) is 3.53. The number of pyridine rings is 1. The van der Waals surface area contributed by atoms with Gasteiger partial charge in [0, 0.05) is 23.8 Å². The molecule has 2 heterocycles. The van der Waals surface area contributed by atoms with Gasteiger partial charge in [0.2, 0.25) is 0 Å². The number of carbonyl (C=O) groups is 1. The zero-order valence-corrected chi connectivity index (χ0v) is 15.0. The number of nitrogens with one attached hydrogen (secondary N) is 1. The number of rotatable bonds is 4. The summed E-state index contributed by atoms with van der Waals surface area (Å²) in [6.45, 7) is 2.31. The van der Waals surface area contributed by atoms with Crippen molar-refractivity contribution in [1.29, 1.82) is 0 Å². The van der Waals surface area contributed by atoms with E-state index in [9.17, 15) is 9.18 Å². The molecule has 0 spiro atoms. The molecule has 4 nitrogen and oxygen atoms in total. The minimum absolute atomic E-state index is 0.130. The first-order chi connectivity index (χ1) is 13.1. The van der Waals surface area contributed by atoms with Crippen LogP contribution in [0.1, 0.15) is 28.5 Å². The van der Waals surface area contributed by atoms with Gasteiger partial charge < -0.3 is 10.2 Å². The third-order valence-electron chi connectivity index (χ3n) is 4.86. The fraction of sp³-hybridized carbons (Fsp3) is 0.182. The number of halogens is 1. The van der Waals surface area contributed by atoms with Crippen molar-refractivity contribution in [3.05, 3.63) is 89.5 Å². The lowest BCUT2D eigenvalue weighted by molar-refractivity contribution is 0.0945. The molecule has 1 amide bonds. The first kappa shape index (κ1) is 17.2. The predicted molar refractivity (Wildman–Crippen MR) is 104 cm³/mol. The fourth-order valence-corrected chi connectivity index (χ4v) is 3.53. The minimum Gasteiger partial charge on any atom is -0.347 e. The van der Waals surface area contributed by atoms with Gasteiger partial charge >= 0.3 is 0 Å². The largest absolute Gasteiger partial charge is 0.347 e. The summed E-state index contributed by atoms with van der Waals surface area (Å²) < 4.78 is 13.7. The van der Waals surface area contributed by atoms with Crippen molar-refractivity contribution in [2.45, 2.75) is 25.9 Å². The normalized spacial score (nSPS) is 15.5. The maximum Gasteiger partial charge on any atom is 0.270 e. The smallest absolute Gasteiger partial charge is 0.270 e. The lowest BCUT2D eigenvalue weighted by atomic mass is 10.1. The zero-order chi connectivity index (χ0) is 18.8. The summed E-state index contributed by atoms with van der Waals surface area (Å²) in [5.41, 5.74) is 4.22. The average molecular weight is 361 g/mol. The van der Waals surface area contributed by atoms with E-state index in [1.54, 1.807) is 30.5 Å². The highest BCUT2D eigenvalue weighted by atomic mass is 19.1. The van der Waals surface area contributed by atoms with Gasteiger partial charge in [-0.2, -0.15) is 0 Å². The van der Waals surface area contributed by atoms with Crippen LogP contribution >= 0.6 is 0 Å². The molecule has 2 aromatic carbocycles. The number of amides is 1. The number of aromatic nitrogens is 1. The molecule has 5 heteroatoms. The second kappa shape index (κ2) is 7.19. The van der Waals surface area contributed by atoms with Crippen LogP contribution in [0.15, 0.2) is 66.9 Å². The van der Waals surface area contributed by atoms with Gasteiger partial charge in [0.15, 0.2) is 0 Å². The van der Waals surface area contributed by atoms with Gasteiger partial charge in [0.25, 0.3) is 5.91 Å². The molecule has 0 fully saturated rings. The van der Waals surface area contributed by atoms with Crippen LogP contribution in [-0.2, 0) is 13.0 Å². The van der Waals surface area contributed by atoms with E-state index in [4.69, 9.17) is 0 Å². The second-order valence-corrected chi connectivity index (χ2v) is 6.73. The first-order valence-electron chi connectivity index (χ1n) is 8.98. The Morgan fingerprint density at radius 2 is 1.93 bits per heavy atom. The Labute approximate surface area is 157 Å².